The quantitative estimate of drug-likeness (QED) is 0.337. The third-order valence-electron chi connectivity index (χ3n) is 6.27. The highest BCUT2D eigenvalue weighted by atomic mass is 16.6. The van der Waals surface area contributed by atoms with Gasteiger partial charge < -0.3 is 24.8 Å². The molecule has 0 spiro atoms. The molecular weight excluding hydrogens is 554 g/mol. The fourth-order valence-electron chi connectivity index (χ4n) is 4.21. The zero-order valence-electron chi connectivity index (χ0n) is 26.3. The van der Waals surface area contributed by atoms with Gasteiger partial charge in [0.15, 0.2) is 11.5 Å². The Balaban J connectivity index is 1.94. The van der Waals surface area contributed by atoms with E-state index in [2.05, 4.69) is 20.7 Å². The highest BCUT2D eigenvalue weighted by Gasteiger charge is 2.37. The van der Waals surface area contributed by atoms with Gasteiger partial charge in [0.1, 0.15) is 28.3 Å². The van der Waals surface area contributed by atoms with Gasteiger partial charge in [-0.05, 0) is 93.7 Å². The molecule has 0 atom stereocenters. The second kappa shape index (κ2) is 12.1. The number of carbonyl (C=O) groups is 3. The van der Waals surface area contributed by atoms with Crippen molar-refractivity contribution >= 4 is 41.1 Å². The fraction of sp³-hybridized carbons (Fsp3) is 0.533. The van der Waals surface area contributed by atoms with Gasteiger partial charge in [0.25, 0.3) is 5.91 Å². The van der Waals surface area contributed by atoms with Crippen molar-refractivity contribution in [3.05, 3.63) is 35.7 Å². The van der Waals surface area contributed by atoms with E-state index in [0.29, 0.717) is 17.1 Å². The first-order valence-corrected chi connectivity index (χ1v) is 14.4. The van der Waals surface area contributed by atoms with Gasteiger partial charge in [-0.1, -0.05) is 0 Å². The monoisotopic (exact) mass is 595 g/mol. The van der Waals surface area contributed by atoms with Crippen LogP contribution < -0.4 is 20.3 Å². The number of nitrogens with zero attached hydrogens (tertiary/aromatic N) is 5. The first-order valence-electron chi connectivity index (χ1n) is 14.4. The van der Waals surface area contributed by atoms with Gasteiger partial charge in [0.05, 0.1) is 12.3 Å². The van der Waals surface area contributed by atoms with E-state index in [0.717, 1.165) is 24.2 Å². The van der Waals surface area contributed by atoms with Crippen LogP contribution in [0.25, 0.3) is 5.65 Å². The maximum atomic E-state index is 13.7. The Kier molecular flexibility index (Phi) is 8.84. The van der Waals surface area contributed by atoms with Gasteiger partial charge in [-0.15, -0.1) is 0 Å². The second-order valence-electron chi connectivity index (χ2n) is 12.7. The lowest BCUT2D eigenvalue weighted by atomic mass is 9.93. The fourth-order valence-corrected chi connectivity index (χ4v) is 4.21. The molecular formula is C30H41N7O6. The molecule has 4 rings (SSSR count). The predicted molar refractivity (Wildman–Crippen MR) is 161 cm³/mol. The average molecular weight is 596 g/mol. The van der Waals surface area contributed by atoms with Crippen LogP contribution in [0, 0.1) is 6.92 Å². The Labute approximate surface area is 251 Å². The molecule has 232 valence electrons. The number of ether oxygens (including phenoxy) is 3. The number of nitrogens with one attached hydrogen (secondary N) is 2. The average Bonchev–Trinajstić information content (AvgIpc) is 3.25. The van der Waals surface area contributed by atoms with E-state index >= 15 is 0 Å². The minimum atomic E-state index is -0.982. The highest BCUT2D eigenvalue weighted by molar-refractivity contribution is 6.10. The van der Waals surface area contributed by atoms with Crippen LogP contribution in [-0.2, 0) is 9.47 Å². The van der Waals surface area contributed by atoms with Gasteiger partial charge >= 0.3 is 12.2 Å². The van der Waals surface area contributed by atoms with Crippen LogP contribution >= 0.6 is 0 Å². The largest absolute Gasteiger partial charge is 0.473 e. The molecule has 3 aromatic heterocycles. The Bertz CT molecular complexity index is 1490. The summed E-state index contributed by atoms with van der Waals surface area (Å²) in [6.45, 7) is 15.6. The first-order chi connectivity index (χ1) is 20.0. The zero-order valence-corrected chi connectivity index (χ0v) is 26.3. The molecule has 13 nitrogen and oxygen atoms in total. The Hall–Kier alpha value is -4.42. The molecule has 3 amide bonds. The van der Waals surface area contributed by atoms with Crippen LogP contribution in [-0.4, -0.2) is 61.0 Å². The summed E-state index contributed by atoms with van der Waals surface area (Å²) in [7, 11) is 0. The lowest BCUT2D eigenvalue weighted by Crippen LogP contribution is -2.45. The number of fused-ring (bicyclic) bond motifs is 1. The normalized spacial score (nSPS) is 13.8. The molecule has 0 saturated heterocycles. The first kappa shape index (κ1) is 31.5. The third kappa shape index (κ3) is 7.51. The summed E-state index contributed by atoms with van der Waals surface area (Å²) >= 11 is 0. The van der Waals surface area contributed by atoms with E-state index in [1.54, 1.807) is 66.8 Å². The summed E-state index contributed by atoms with van der Waals surface area (Å²) in [6, 6.07) is 3.56. The Morgan fingerprint density at radius 1 is 1.05 bits per heavy atom. The highest BCUT2D eigenvalue weighted by Crippen LogP contribution is 2.34. The molecule has 0 unspecified atom stereocenters. The maximum absolute atomic E-state index is 13.7. The summed E-state index contributed by atoms with van der Waals surface area (Å²) in [6.07, 6.45) is 3.67. The van der Waals surface area contributed by atoms with Crippen LogP contribution in [0.2, 0.25) is 0 Å². The smallest absolute Gasteiger partial charge is 0.425 e. The number of rotatable bonds is 7. The van der Waals surface area contributed by atoms with Crippen molar-refractivity contribution in [1.82, 2.24) is 24.9 Å². The SMILES string of the molecule is Cc1c(Nc2cccnc2OC(C)C)nc2c(C(=O)NC3CCC3)cnn2c1N(C(=O)OC(C)(C)C)C(=O)OC(C)(C)C. The topological polar surface area (TPSA) is 149 Å². The van der Waals surface area contributed by atoms with Gasteiger partial charge in [-0.3, -0.25) is 4.79 Å². The molecule has 1 saturated carbocycles. The maximum Gasteiger partial charge on any atom is 0.425 e. The summed E-state index contributed by atoms with van der Waals surface area (Å²) in [4.78, 5) is 50.5. The molecule has 1 aliphatic carbocycles. The van der Waals surface area contributed by atoms with Crippen LogP contribution in [0.5, 0.6) is 5.88 Å². The summed E-state index contributed by atoms with van der Waals surface area (Å²) in [5, 5.41) is 10.6. The number of anilines is 3. The molecule has 3 aromatic rings. The predicted octanol–water partition coefficient (Wildman–Crippen LogP) is 5.92. The molecule has 0 radical (unpaired) electrons. The third-order valence-corrected chi connectivity index (χ3v) is 6.27. The van der Waals surface area contributed by atoms with Crippen LogP contribution in [0.1, 0.15) is 90.6 Å². The zero-order chi connectivity index (χ0) is 31.7. The minimum absolute atomic E-state index is 0.00564. The molecule has 0 aromatic carbocycles. The van der Waals surface area contributed by atoms with E-state index < -0.39 is 23.4 Å². The van der Waals surface area contributed by atoms with E-state index in [1.807, 2.05) is 13.8 Å². The molecule has 43 heavy (non-hydrogen) atoms. The van der Waals surface area contributed by atoms with Gasteiger partial charge in [0.2, 0.25) is 5.88 Å². The van der Waals surface area contributed by atoms with Crippen molar-refractivity contribution in [1.29, 1.82) is 0 Å². The number of amides is 3. The molecule has 2 N–H and O–H groups in total. The molecule has 1 fully saturated rings. The van der Waals surface area contributed by atoms with Gasteiger partial charge in [0, 0.05) is 17.8 Å². The molecule has 3 heterocycles. The van der Waals surface area contributed by atoms with Crippen molar-refractivity contribution in [2.75, 3.05) is 10.2 Å². The van der Waals surface area contributed by atoms with Crippen molar-refractivity contribution in [3.8, 4) is 5.88 Å². The van der Waals surface area contributed by atoms with E-state index in [4.69, 9.17) is 19.2 Å². The van der Waals surface area contributed by atoms with E-state index in [9.17, 15) is 14.4 Å². The van der Waals surface area contributed by atoms with Crippen molar-refractivity contribution in [3.63, 3.8) is 0 Å². The molecule has 0 bridgehead atoms. The number of hydrogen-bond donors (Lipinski definition) is 2. The minimum Gasteiger partial charge on any atom is -0.473 e. The van der Waals surface area contributed by atoms with Crippen molar-refractivity contribution in [2.45, 2.75) is 105 Å². The van der Waals surface area contributed by atoms with Crippen molar-refractivity contribution < 1.29 is 28.6 Å². The van der Waals surface area contributed by atoms with E-state index in [1.165, 1.54) is 10.7 Å². The summed E-state index contributed by atoms with van der Waals surface area (Å²) in [5.74, 6) is 0.195. The molecule has 0 aliphatic heterocycles. The van der Waals surface area contributed by atoms with Crippen LogP contribution in [0.3, 0.4) is 0 Å². The van der Waals surface area contributed by atoms with Crippen LogP contribution in [0.15, 0.2) is 24.5 Å². The van der Waals surface area contributed by atoms with Gasteiger partial charge in [-0.25, -0.2) is 19.6 Å². The lowest BCUT2D eigenvalue weighted by molar-refractivity contribution is 0.0427. The Morgan fingerprint density at radius 3 is 2.21 bits per heavy atom. The van der Waals surface area contributed by atoms with Crippen molar-refractivity contribution in [2.24, 2.45) is 0 Å². The number of carbonyl (C=O) groups excluding carboxylic acids is 3. The number of hydrogen-bond acceptors (Lipinski definition) is 10. The summed E-state index contributed by atoms with van der Waals surface area (Å²) in [5.41, 5.74) is -0.743. The standard InChI is InChI=1S/C30H41N7O6/c1-17(2)41-25-21(14-11-15-31-25)34-22-18(3)26(36(27(39)42-29(4,5)6)28(40)43-30(7,8)9)37-23(35-22)20(16-32-37)24(38)33-19-12-10-13-19/h11,14-17,19H,10,12-13H2,1-9H3,(H,33,38)(H,34,35). The number of imide groups is 1. The summed E-state index contributed by atoms with van der Waals surface area (Å²) < 4.78 is 18.4. The molecule has 13 heteroatoms. The number of pyridine rings is 1. The second-order valence-corrected chi connectivity index (χ2v) is 12.7. The lowest BCUT2D eigenvalue weighted by Gasteiger charge is -2.29. The van der Waals surface area contributed by atoms with Crippen LogP contribution in [0.4, 0.5) is 26.9 Å². The number of aromatic nitrogens is 4. The Morgan fingerprint density at radius 2 is 1.67 bits per heavy atom. The van der Waals surface area contributed by atoms with Gasteiger partial charge in [-0.2, -0.15) is 14.5 Å². The van der Waals surface area contributed by atoms with E-state index in [-0.39, 0.29) is 40.9 Å². The molecule has 1 aliphatic rings.